The van der Waals surface area contributed by atoms with E-state index < -0.39 is 5.82 Å². The van der Waals surface area contributed by atoms with E-state index in [4.69, 9.17) is 11.6 Å². The molecule has 9 heteroatoms. The molecule has 0 aliphatic rings. The first kappa shape index (κ1) is 21.4. The van der Waals surface area contributed by atoms with Crippen molar-refractivity contribution in [1.29, 1.82) is 0 Å². The quantitative estimate of drug-likeness (QED) is 0.320. The molecule has 0 amide bonds. The summed E-state index contributed by atoms with van der Waals surface area (Å²) in [7, 11) is 0. The van der Waals surface area contributed by atoms with Gasteiger partial charge in [-0.15, -0.1) is 10.2 Å². The standard InChI is InChI=1S/C24H17ClFN5OS/c1-15-7-6-12-30-21(32)13-16(27-22(15)30)14-33-24-29-28-23(17-8-2-3-9-18(17)25)31(24)20-11-5-4-10-19(20)26/h2-13H,14H2,1H3. The number of nitrogens with zero attached hydrogens (tertiary/aromatic N) is 5. The SMILES string of the molecule is Cc1cccn2c(=O)cc(CSc3nnc(-c4ccccc4Cl)n3-c3ccccc3F)nc12. The molecule has 0 atom stereocenters. The molecule has 0 aliphatic heterocycles. The zero-order chi connectivity index (χ0) is 22.9. The molecule has 0 N–H and O–H groups in total. The maximum atomic E-state index is 14.8. The number of hydrogen-bond acceptors (Lipinski definition) is 5. The number of rotatable bonds is 5. The summed E-state index contributed by atoms with van der Waals surface area (Å²) in [6, 6.07) is 18.8. The minimum Gasteiger partial charge on any atom is -0.269 e. The van der Waals surface area contributed by atoms with Crippen LogP contribution in [0.15, 0.2) is 82.9 Å². The smallest absolute Gasteiger partial charge is 0.258 e. The molecule has 0 aliphatic carbocycles. The molecular formula is C24H17ClFN5OS. The summed E-state index contributed by atoms with van der Waals surface area (Å²) in [5, 5.41) is 9.57. The average molecular weight is 478 g/mol. The van der Waals surface area contributed by atoms with Gasteiger partial charge in [0.25, 0.3) is 5.56 Å². The van der Waals surface area contributed by atoms with Gasteiger partial charge >= 0.3 is 0 Å². The van der Waals surface area contributed by atoms with Crippen LogP contribution in [0.3, 0.4) is 0 Å². The average Bonchev–Trinajstić information content (AvgIpc) is 3.22. The molecule has 2 aromatic carbocycles. The fraction of sp³-hybridized carbons (Fsp3) is 0.0833. The Morgan fingerprint density at radius 2 is 1.82 bits per heavy atom. The monoisotopic (exact) mass is 477 g/mol. The Balaban J connectivity index is 1.58. The van der Waals surface area contributed by atoms with Crippen LogP contribution in [0.5, 0.6) is 0 Å². The van der Waals surface area contributed by atoms with Crippen LogP contribution in [0.2, 0.25) is 5.02 Å². The van der Waals surface area contributed by atoms with Gasteiger partial charge in [0, 0.05) is 23.6 Å². The summed E-state index contributed by atoms with van der Waals surface area (Å²) < 4.78 is 17.9. The van der Waals surface area contributed by atoms with Crippen LogP contribution in [0.1, 0.15) is 11.3 Å². The van der Waals surface area contributed by atoms with Gasteiger partial charge in [0.2, 0.25) is 0 Å². The van der Waals surface area contributed by atoms with E-state index in [1.807, 2.05) is 37.3 Å². The molecule has 0 bridgehead atoms. The molecule has 0 radical (unpaired) electrons. The number of pyridine rings is 1. The van der Waals surface area contributed by atoms with Gasteiger partial charge in [-0.3, -0.25) is 13.8 Å². The van der Waals surface area contributed by atoms with Crippen LogP contribution in [-0.4, -0.2) is 24.1 Å². The summed E-state index contributed by atoms with van der Waals surface area (Å²) in [5.41, 5.74) is 2.89. The van der Waals surface area contributed by atoms with E-state index >= 15 is 0 Å². The molecule has 0 spiro atoms. The first-order chi connectivity index (χ1) is 16.0. The van der Waals surface area contributed by atoms with Gasteiger partial charge in [-0.25, -0.2) is 9.37 Å². The third kappa shape index (κ3) is 4.03. The molecule has 0 saturated heterocycles. The molecule has 3 aromatic heterocycles. The number of aryl methyl sites for hydroxylation is 1. The molecule has 3 heterocycles. The van der Waals surface area contributed by atoms with E-state index in [1.165, 1.54) is 28.3 Å². The van der Waals surface area contributed by atoms with Crippen LogP contribution in [0.4, 0.5) is 4.39 Å². The number of fused-ring (bicyclic) bond motifs is 1. The lowest BCUT2D eigenvalue weighted by Gasteiger charge is -2.12. The lowest BCUT2D eigenvalue weighted by molar-refractivity contribution is 0.613. The van der Waals surface area contributed by atoms with Gasteiger partial charge in [-0.1, -0.05) is 53.7 Å². The highest BCUT2D eigenvalue weighted by molar-refractivity contribution is 7.98. The highest BCUT2D eigenvalue weighted by atomic mass is 35.5. The van der Waals surface area contributed by atoms with E-state index in [0.29, 0.717) is 44.3 Å². The van der Waals surface area contributed by atoms with Crippen molar-refractivity contribution in [3.63, 3.8) is 0 Å². The number of aromatic nitrogens is 5. The zero-order valence-electron chi connectivity index (χ0n) is 17.4. The summed E-state index contributed by atoms with van der Waals surface area (Å²) in [5.74, 6) is 0.371. The third-order valence-electron chi connectivity index (χ3n) is 5.13. The van der Waals surface area contributed by atoms with E-state index in [9.17, 15) is 9.18 Å². The summed E-state index contributed by atoms with van der Waals surface area (Å²) in [4.78, 5) is 17.2. The molecule has 5 rings (SSSR count). The van der Waals surface area contributed by atoms with Gasteiger partial charge in [-0.05, 0) is 42.8 Å². The lowest BCUT2D eigenvalue weighted by Crippen LogP contribution is -2.15. The van der Waals surface area contributed by atoms with Crippen molar-refractivity contribution in [3.8, 4) is 17.1 Å². The van der Waals surface area contributed by atoms with Crippen molar-refractivity contribution in [2.24, 2.45) is 0 Å². The lowest BCUT2D eigenvalue weighted by atomic mass is 10.2. The largest absolute Gasteiger partial charge is 0.269 e. The molecule has 6 nitrogen and oxygen atoms in total. The number of hydrogen-bond donors (Lipinski definition) is 0. The van der Waals surface area contributed by atoms with Crippen LogP contribution < -0.4 is 5.56 Å². The molecule has 0 fully saturated rings. The Morgan fingerprint density at radius 3 is 2.64 bits per heavy atom. The van der Waals surface area contributed by atoms with E-state index in [-0.39, 0.29) is 5.56 Å². The predicted molar refractivity (Wildman–Crippen MR) is 128 cm³/mol. The second-order valence-corrected chi connectivity index (χ2v) is 8.68. The molecular weight excluding hydrogens is 461 g/mol. The second-order valence-electron chi connectivity index (χ2n) is 7.33. The number of thioether (sulfide) groups is 1. The van der Waals surface area contributed by atoms with Crippen molar-refractivity contribution in [3.05, 3.63) is 105 Å². The highest BCUT2D eigenvalue weighted by Crippen LogP contribution is 2.33. The van der Waals surface area contributed by atoms with Crippen LogP contribution in [-0.2, 0) is 5.75 Å². The Labute approximate surface area is 197 Å². The summed E-state index contributed by atoms with van der Waals surface area (Å²) >= 11 is 7.72. The maximum absolute atomic E-state index is 14.8. The summed E-state index contributed by atoms with van der Waals surface area (Å²) in [6.07, 6.45) is 1.69. The third-order valence-corrected chi connectivity index (χ3v) is 6.42. The molecule has 0 unspecified atom stereocenters. The van der Waals surface area contributed by atoms with E-state index in [1.54, 1.807) is 35.0 Å². The highest BCUT2D eigenvalue weighted by Gasteiger charge is 2.20. The van der Waals surface area contributed by atoms with Gasteiger partial charge in [0.1, 0.15) is 11.5 Å². The number of halogens is 2. The summed E-state index contributed by atoms with van der Waals surface area (Å²) in [6.45, 7) is 1.91. The van der Waals surface area contributed by atoms with Crippen LogP contribution >= 0.6 is 23.4 Å². The van der Waals surface area contributed by atoms with E-state index in [0.717, 1.165) is 5.56 Å². The minimum absolute atomic E-state index is 0.161. The Hall–Kier alpha value is -3.49. The Kier molecular flexibility index (Phi) is 5.70. The van der Waals surface area contributed by atoms with Gasteiger partial charge < -0.3 is 0 Å². The molecule has 33 heavy (non-hydrogen) atoms. The normalized spacial score (nSPS) is 11.2. The molecule has 0 saturated carbocycles. The van der Waals surface area contributed by atoms with Crippen molar-refractivity contribution >= 4 is 29.0 Å². The van der Waals surface area contributed by atoms with E-state index in [2.05, 4.69) is 15.2 Å². The van der Waals surface area contributed by atoms with Crippen molar-refractivity contribution in [1.82, 2.24) is 24.1 Å². The second kappa shape index (κ2) is 8.80. The van der Waals surface area contributed by atoms with Crippen molar-refractivity contribution in [2.45, 2.75) is 17.8 Å². The number of para-hydroxylation sites is 1. The Morgan fingerprint density at radius 1 is 1.03 bits per heavy atom. The predicted octanol–water partition coefficient (Wildman–Crippen LogP) is 5.34. The van der Waals surface area contributed by atoms with Crippen molar-refractivity contribution < 1.29 is 4.39 Å². The topological polar surface area (TPSA) is 65.1 Å². The fourth-order valence-corrected chi connectivity index (χ4v) is 4.61. The van der Waals surface area contributed by atoms with Crippen molar-refractivity contribution in [2.75, 3.05) is 0 Å². The maximum Gasteiger partial charge on any atom is 0.258 e. The molecule has 164 valence electrons. The van der Waals surface area contributed by atoms with Gasteiger partial charge in [-0.2, -0.15) is 0 Å². The fourth-order valence-electron chi connectivity index (χ4n) is 3.55. The van der Waals surface area contributed by atoms with Gasteiger partial charge in [0.05, 0.1) is 16.4 Å². The van der Waals surface area contributed by atoms with Gasteiger partial charge in [0.15, 0.2) is 11.0 Å². The number of benzene rings is 2. The van der Waals surface area contributed by atoms with Crippen LogP contribution in [0, 0.1) is 12.7 Å². The zero-order valence-corrected chi connectivity index (χ0v) is 19.0. The van der Waals surface area contributed by atoms with Crippen LogP contribution in [0.25, 0.3) is 22.7 Å². The minimum atomic E-state index is -0.412. The first-order valence-electron chi connectivity index (χ1n) is 10.1. The Bertz CT molecular complexity index is 1550. The first-order valence-corrected chi connectivity index (χ1v) is 11.5. The molecule has 5 aromatic rings.